The van der Waals surface area contributed by atoms with Crippen LogP contribution >= 0.6 is 0 Å². The van der Waals surface area contributed by atoms with E-state index in [1.807, 2.05) is 0 Å². The summed E-state index contributed by atoms with van der Waals surface area (Å²) in [5, 5.41) is 5.59. The predicted molar refractivity (Wildman–Crippen MR) is 62.0 cm³/mol. The summed E-state index contributed by atoms with van der Waals surface area (Å²) >= 11 is 0. The zero-order chi connectivity index (χ0) is 10.3. The fraction of sp³-hybridized carbons (Fsp3) is 0.167. The van der Waals surface area contributed by atoms with Crippen molar-refractivity contribution < 1.29 is 0 Å². The lowest BCUT2D eigenvalue weighted by Gasteiger charge is -2.21. The second kappa shape index (κ2) is 3.05. The molecule has 0 fully saturated rings. The standard InChI is InChI=1S/C12H13N3/c1-14-12-7-3-2-6-11(12)13-9-10-5-4-8-15(10)14/h2-8,13H,9H2,1H3. The number of nitrogens with one attached hydrogen (secondary N) is 1. The van der Waals surface area contributed by atoms with E-state index >= 15 is 0 Å². The topological polar surface area (TPSA) is 20.2 Å². The van der Waals surface area contributed by atoms with Crippen molar-refractivity contribution in [1.82, 2.24) is 4.68 Å². The van der Waals surface area contributed by atoms with Crippen LogP contribution in [0.25, 0.3) is 0 Å². The summed E-state index contributed by atoms with van der Waals surface area (Å²) in [5.41, 5.74) is 3.66. The highest BCUT2D eigenvalue weighted by atomic mass is 15.5. The molecule has 0 aliphatic carbocycles. The van der Waals surface area contributed by atoms with Crippen molar-refractivity contribution >= 4 is 11.4 Å². The normalized spacial score (nSPS) is 13.8. The first-order chi connectivity index (χ1) is 7.36. The third kappa shape index (κ3) is 1.20. The van der Waals surface area contributed by atoms with E-state index in [2.05, 4.69) is 64.6 Å². The molecule has 0 spiro atoms. The molecule has 0 bridgehead atoms. The molecule has 0 saturated heterocycles. The lowest BCUT2D eigenvalue weighted by Crippen LogP contribution is -2.24. The third-order valence-corrected chi connectivity index (χ3v) is 2.85. The van der Waals surface area contributed by atoms with Gasteiger partial charge in [-0.2, -0.15) is 0 Å². The smallest absolute Gasteiger partial charge is 0.0806 e. The van der Waals surface area contributed by atoms with Crippen LogP contribution in [-0.4, -0.2) is 11.7 Å². The second-order valence-corrected chi connectivity index (χ2v) is 3.74. The average molecular weight is 199 g/mol. The Morgan fingerprint density at radius 2 is 2.00 bits per heavy atom. The van der Waals surface area contributed by atoms with Gasteiger partial charge in [-0.25, -0.2) is 0 Å². The van der Waals surface area contributed by atoms with Gasteiger partial charge >= 0.3 is 0 Å². The zero-order valence-corrected chi connectivity index (χ0v) is 8.64. The highest BCUT2D eigenvalue weighted by Crippen LogP contribution is 2.28. The van der Waals surface area contributed by atoms with E-state index in [1.165, 1.54) is 17.1 Å². The Bertz CT molecular complexity index is 487. The van der Waals surface area contributed by atoms with Crippen LogP contribution in [0.3, 0.4) is 0 Å². The predicted octanol–water partition coefficient (Wildman–Crippen LogP) is 2.31. The molecule has 0 saturated carbocycles. The van der Waals surface area contributed by atoms with Gasteiger partial charge in [0.05, 0.1) is 23.6 Å². The summed E-state index contributed by atoms with van der Waals surface area (Å²) in [4.78, 5) is 0. The fourth-order valence-corrected chi connectivity index (χ4v) is 2.05. The lowest BCUT2D eigenvalue weighted by atomic mass is 10.2. The van der Waals surface area contributed by atoms with Crippen molar-refractivity contribution in [3.8, 4) is 0 Å². The Morgan fingerprint density at radius 3 is 2.93 bits per heavy atom. The first-order valence-electron chi connectivity index (χ1n) is 5.09. The minimum Gasteiger partial charge on any atom is -0.378 e. The summed E-state index contributed by atoms with van der Waals surface area (Å²) in [7, 11) is 2.08. The molecule has 0 atom stereocenters. The molecular formula is C12H13N3. The summed E-state index contributed by atoms with van der Waals surface area (Å²) in [6.45, 7) is 0.869. The maximum Gasteiger partial charge on any atom is 0.0806 e. The molecule has 1 aliphatic rings. The number of fused-ring (bicyclic) bond motifs is 2. The minimum absolute atomic E-state index is 0.869. The van der Waals surface area contributed by atoms with Crippen LogP contribution < -0.4 is 10.3 Å². The van der Waals surface area contributed by atoms with E-state index in [1.54, 1.807) is 0 Å². The number of hydrogen-bond acceptors (Lipinski definition) is 2. The largest absolute Gasteiger partial charge is 0.378 e. The molecule has 1 aromatic carbocycles. The number of nitrogens with zero attached hydrogens (tertiary/aromatic N) is 2. The van der Waals surface area contributed by atoms with E-state index in [0.29, 0.717) is 0 Å². The fourth-order valence-electron chi connectivity index (χ4n) is 2.05. The minimum atomic E-state index is 0.869. The Kier molecular flexibility index (Phi) is 1.71. The Balaban J connectivity index is 2.18. The Labute approximate surface area is 88.9 Å². The van der Waals surface area contributed by atoms with Gasteiger partial charge in [0.1, 0.15) is 0 Å². The number of para-hydroxylation sites is 2. The van der Waals surface area contributed by atoms with Crippen LogP contribution in [0.5, 0.6) is 0 Å². The van der Waals surface area contributed by atoms with E-state index in [-0.39, 0.29) is 0 Å². The van der Waals surface area contributed by atoms with Crippen LogP contribution in [0.15, 0.2) is 42.6 Å². The number of hydrogen-bond donors (Lipinski definition) is 1. The number of benzene rings is 1. The molecule has 0 radical (unpaired) electrons. The number of rotatable bonds is 0. The van der Waals surface area contributed by atoms with Gasteiger partial charge in [0.15, 0.2) is 0 Å². The molecule has 1 aliphatic heterocycles. The zero-order valence-electron chi connectivity index (χ0n) is 8.64. The average Bonchev–Trinajstić information content (AvgIpc) is 2.69. The van der Waals surface area contributed by atoms with E-state index < -0.39 is 0 Å². The van der Waals surface area contributed by atoms with Crippen molar-refractivity contribution in [3.05, 3.63) is 48.3 Å². The first kappa shape index (κ1) is 8.41. The second-order valence-electron chi connectivity index (χ2n) is 3.74. The maximum absolute atomic E-state index is 3.44. The van der Waals surface area contributed by atoms with Crippen molar-refractivity contribution in [1.29, 1.82) is 0 Å². The van der Waals surface area contributed by atoms with Crippen LogP contribution in [-0.2, 0) is 6.54 Å². The highest BCUT2D eigenvalue weighted by molar-refractivity contribution is 5.70. The van der Waals surface area contributed by atoms with Gasteiger partial charge in [-0.05, 0) is 24.3 Å². The number of anilines is 2. The lowest BCUT2D eigenvalue weighted by molar-refractivity contribution is 0.748. The monoisotopic (exact) mass is 199 g/mol. The van der Waals surface area contributed by atoms with Crippen molar-refractivity contribution in [3.63, 3.8) is 0 Å². The van der Waals surface area contributed by atoms with Gasteiger partial charge < -0.3 is 5.32 Å². The van der Waals surface area contributed by atoms with Gasteiger partial charge in [0.2, 0.25) is 0 Å². The quantitative estimate of drug-likeness (QED) is 0.702. The summed E-state index contributed by atoms with van der Waals surface area (Å²) in [6, 6.07) is 12.6. The third-order valence-electron chi connectivity index (χ3n) is 2.85. The SMILES string of the molecule is CN1c2ccccc2NCc2cccn21. The summed E-state index contributed by atoms with van der Waals surface area (Å²) in [6.07, 6.45) is 2.08. The molecule has 3 rings (SSSR count). The van der Waals surface area contributed by atoms with E-state index in [9.17, 15) is 0 Å². The van der Waals surface area contributed by atoms with Gasteiger partial charge in [-0.1, -0.05) is 12.1 Å². The molecule has 0 unspecified atom stereocenters. The number of aromatic nitrogens is 1. The molecule has 0 amide bonds. The van der Waals surface area contributed by atoms with Crippen LogP contribution in [0.1, 0.15) is 5.69 Å². The van der Waals surface area contributed by atoms with Crippen LogP contribution in [0.2, 0.25) is 0 Å². The molecule has 1 N–H and O–H groups in total. The van der Waals surface area contributed by atoms with Crippen LogP contribution in [0.4, 0.5) is 11.4 Å². The van der Waals surface area contributed by atoms with Crippen molar-refractivity contribution in [2.75, 3.05) is 17.4 Å². The van der Waals surface area contributed by atoms with E-state index in [0.717, 1.165) is 6.54 Å². The van der Waals surface area contributed by atoms with Gasteiger partial charge in [-0.3, -0.25) is 9.69 Å². The molecule has 2 heterocycles. The van der Waals surface area contributed by atoms with Crippen molar-refractivity contribution in [2.45, 2.75) is 6.54 Å². The summed E-state index contributed by atoms with van der Waals surface area (Å²) < 4.78 is 2.17. The molecule has 2 aromatic rings. The molecule has 3 nitrogen and oxygen atoms in total. The van der Waals surface area contributed by atoms with Crippen LogP contribution in [0, 0.1) is 0 Å². The first-order valence-corrected chi connectivity index (χ1v) is 5.09. The van der Waals surface area contributed by atoms with Gasteiger partial charge in [0, 0.05) is 13.2 Å². The molecular weight excluding hydrogens is 186 g/mol. The highest BCUT2D eigenvalue weighted by Gasteiger charge is 2.14. The molecule has 1 aromatic heterocycles. The Morgan fingerprint density at radius 1 is 1.13 bits per heavy atom. The van der Waals surface area contributed by atoms with Gasteiger partial charge in [0.25, 0.3) is 0 Å². The maximum atomic E-state index is 3.44. The van der Waals surface area contributed by atoms with E-state index in [4.69, 9.17) is 0 Å². The molecule has 3 heteroatoms. The Hall–Kier alpha value is -1.90. The van der Waals surface area contributed by atoms with Gasteiger partial charge in [-0.15, -0.1) is 0 Å². The van der Waals surface area contributed by atoms with Crippen molar-refractivity contribution in [2.24, 2.45) is 0 Å². The summed E-state index contributed by atoms with van der Waals surface area (Å²) in [5.74, 6) is 0. The molecule has 15 heavy (non-hydrogen) atoms. The molecule has 76 valence electrons.